The fraction of sp³-hybridized carbons (Fsp3) is 0.188. The summed E-state index contributed by atoms with van der Waals surface area (Å²) < 4.78 is 0. The molecule has 1 amide bonds. The zero-order chi connectivity index (χ0) is 14.8. The van der Waals surface area contributed by atoms with Crippen molar-refractivity contribution in [2.45, 2.75) is 11.3 Å². The van der Waals surface area contributed by atoms with E-state index in [-0.39, 0.29) is 5.91 Å². The summed E-state index contributed by atoms with van der Waals surface area (Å²) in [5, 5.41) is 6.69. The molecule has 2 N–H and O–H groups in total. The third-order valence-electron chi connectivity index (χ3n) is 3.49. The van der Waals surface area contributed by atoms with E-state index in [1.54, 1.807) is 17.8 Å². The summed E-state index contributed by atoms with van der Waals surface area (Å²) in [7, 11) is 0. The van der Waals surface area contributed by atoms with Crippen LogP contribution in [0, 0.1) is 0 Å². The van der Waals surface area contributed by atoms with E-state index in [1.165, 1.54) is 5.56 Å². The summed E-state index contributed by atoms with van der Waals surface area (Å²) in [6.45, 7) is 0.953. The minimum atomic E-state index is -0.179. The molecule has 0 unspecified atom stereocenters. The van der Waals surface area contributed by atoms with Gasteiger partial charge in [-0.05, 0) is 54.6 Å². The lowest BCUT2D eigenvalue weighted by Crippen LogP contribution is -2.12. The molecule has 3 nitrogen and oxygen atoms in total. The Labute approximate surface area is 133 Å². The number of benzene rings is 2. The van der Waals surface area contributed by atoms with Crippen LogP contribution in [0.15, 0.2) is 41.3 Å². The first-order chi connectivity index (χ1) is 10.2. The Balaban J connectivity index is 1.83. The Bertz CT molecular complexity index is 703. The van der Waals surface area contributed by atoms with Gasteiger partial charge < -0.3 is 10.6 Å². The second-order valence-electron chi connectivity index (χ2n) is 4.85. The van der Waals surface area contributed by atoms with Crippen molar-refractivity contribution in [2.24, 2.45) is 0 Å². The molecular weight excluding hydrogens is 304 g/mol. The van der Waals surface area contributed by atoms with Crippen LogP contribution in [0.3, 0.4) is 0 Å². The maximum absolute atomic E-state index is 12.4. The smallest absolute Gasteiger partial charge is 0.257 e. The Kier molecular flexibility index (Phi) is 4.08. The predicted octanol–water partition coefficient (Wildman–Crippen LogP) is 4.28. The van der Waals surface area contributed by atoms with Crippen molar-refractivity contribution < 1.29 is 4.79 Å². The number of carbonyl (C=O) groups is 1. The molecule has 0 radical (unpaired) electrons. The Morgan fingerprint density at radius 1 is 1.29 bits per heavy atom. The molecule has 0 saturated heterocycles. The van der Waals surface area contributed by atoms with Crippen molar-refractivity contribution in [3.63, 3.8) is 0 Å². The average Bonchev–Trinajstić information content (AvgIpc) is 2.95. The van der Waals surface area contributed by atoms with Crippen molar-refractivity contribution in [2.75, 3.05) is 23.4 Å². The Morgan fingerprint density at radius 2 is 2.14 bits per heavy atom. The van der Waals surface area contributed by atoms with Crippen molar-refractivity contribution in [1.29, 1.82) is 0 Å². The predicted molar refractivity (Wildman–Crippen MR) is 89.8 cm³/mol. The minimum absolute atomic E-state index is 0.179. The summed E-state index contributed by atoms with van der Waals surface area (Å²) in [5.74, 6) is -0.179. The van der Waals surface area contributed by atoms with Gasteiger partial charge in [0.25, 0.3) is 5.91 Å². The van der Waals surface area contributed by atoms with Gasteiger partial charge in [-0.1, -0.05) is 11.6 Å². The van der Waals surface area contributed by atoms with E-state index < -0.39 is 0 Å². The van der Waals surface area contributed by atoms with Gasteiger partial charge in [0.2, 0.25) is 0 Å². The summed E-state index contributed by atoms with van der Waals surface area (Å²) in [6, 6.07) is 11.4. The number of halogens is 1. The number of hydrogen-bond donors (Lipinski definition) is 2. The molecule has 0 bridgehead atoms. The SMILES string of the molecule is CSc1ccc(Cl)c(C(=O)Nc2ccc3c(c2)CCN3)c1. The number of fused-ring (bicyclic) bond motifs is 1. The molecule has 2 aromatic rings. The van der Waals surface area contributed by atoms with E-state index in [0.717, 1.165) is 29.2 Å². The zero-order valence-electron chi connectivity index (χ0n) is 11.6. The topological polar surface area (TPSA) is 41.1 Å². The number of anilines is 2. The highest BCUT2D eigenvalue weighted by Gasteiger charge is 2.14. The highest BCUT2D eigenvalue weighted by atomic mass is 35.5. The third kappa shape index (κ3) is 3.01. The van der Waals surface area contributed by atoms with Gasteiger partial charge in [0, 0.05) is 22.8 Å². The van der Waals surface area contributed by atoms with Crippen LogP contribution < -0.4 is 10.6 Å². The van der Waals surface area contributed by atoms with Gasteiger partial charge in [0.05, 0.1) is 10.6 Å². The van der Waals surface area contributed by atoms with Crippen LogP contribution in [-0.4, -0.2) is 18.7 Å². The van der Waals surface area contributed by atoms with Gasteiger partial charge >= 0.3 is 0 Å². The summed E-state index contributed by atoms with van der Waals surface area (Å²) in [4.78, 5) is 13.4. The molecule has 1 aliphatic heterocycles. The van der Waals surface area contributed by atoms with Crippen molar-refractivity contribution in [3.05, 3.63) is 52.5 Å². The number of nitrogens with one attached hydrogen (secondary N) is 2. The van der Waals surface area contributed by atoms with Gasteiger partial charge in [-0.25, -0.2) is 0 Å². The lowest BCUT2D eigenvalue weighted by atomic mass is 10.1. The molecular formula is C16H15ClN2OS. The van der Waals surface area contributed by atoms with E-state index in [1.807, 2.05) is 36.6 Å². The maximum atomic E-state index is 12.4. The first-order valence-corrected chi connectivity index (χ1v) is 8.29. The molecule has 1 heterocycles. The second kappa shape index (κ2) is 6.00. The van der Waals surface area contributed by atoms with E-state index in [9.17, 15) is 4.79 Å². The fourth-order valence-corrected chi connectivity index (χ4v) is 3.03. The Morgan fingerprint density at radius 3 is 2.95 bits per heavy atom. The molecule has 1 aliphatic rings. The van der Waals surface area contributed by atoms with Crippen molar-refractivity contribution in [1.82, 2.24) is 0 Å². The fourth-order valence-electron chi connectivity index (χ4n) is 2.39. The normalized spacial score (nSPS) is 12.7. The van der Waals surface area contributed by atoms with Crippen LogP contribution in [0.4, 0.5) is 11.4 Å². The number of thioether (sulfide) groups is 1. The molecule has 108 valence electrons. The van der Waals surface area contributed by atoms with Crippen LogP contribution in [0.5, 0.6) is 0 Å². The van der Waals surface area contributed by atoms with Crippen LogP contribution in [0.2, 0.25) is 5.02 Å². The van der Waals surface area contributed by atoms with Crippen LogP contribution >= 0.6 is 23.4 Å². The molecule has 21 heavy (non-hydrogen) atoms. The van der Waals surface area contributed by atoms with Gasteiger partial charge in [-0.2, -0.15) is 0 Å². The Hall–Kier alpha value is -1.65. The lowest BCUT2D eigenvalue weighted by molar-refractivity contribution is 0.102. The standard InChI is InChI=1S/C16H15ClN2OS/c1-21-12-3-4-14(17)13(9-12)16(20)19-11-2-5-15-10(8-11)6-7-18-15/h2-5,8-9,18H,6-7H2,1H3,(H,19,20). The highest BCUT2D eigenvalue weighted by molar-refractivity contribution is 7.98. The van der Waals surface area contributed by atoms with Gasteiger partial charge in [-0.15, -0.1) is 11.8 Å². The maximum Gasteiger partial charge on any atom is 0.257 e. The number of hydrogen-bond acceptors (Lipinski definition) is 3. The van der Waals surface area contributed by atoms with Gasteiger partial charge in [-0.3, -0.25) is 4.79 Å². The second-order valence-corrected chi connectivity index (χ2v) is 6.14. The lowest BCUT2D eigenvalue weighted by Gasteiger charge is -2.09. The molecule has 3 rings (SSSR count). The minimum Gasteiger partial charge on any atom is -0.384 e. The molecule has 0 aliphatic carbocycles. The van der Waals surface area contributed by atoms with E-state index in [0.29, 0.717) is 10.6 Å². The average molecular weight is 319 g/mol. The number of rotatable bonds is 3. The van der Waals surface area contributed by atoms with E-state index in [4.69, 9.17) is 11.6 Å². The van der Waals surface area contributed by atoms with Gasteiger partial charge in [0.15, 0.2) is 0 Å². The van der Waals surface area contributed by atoms with Crippen LogP contribution in [-0.2, 0) is 6.42 Å². The monoisotopic (exact) mass is 318 g/mol. The van der Waals surface area contributed by atoms with Crippen molar-refractivity contribution >= 4 is 40.6 Å². The van der Waals surface area contributed by atoms with Crippen molar-refractivity contribution in [3.8, 4) is 0 Å². The largest absolute Gasteiger partial charge is 0.384 e. The molecule has 2 aromatic carbocycles. The third-order valence-corrected chi connectivity index (χ3v) is 4.55. The molecule has 0 atom stereocenters. The molecule has 0 saturated carbocycles. The number of amides is 1. The first-order valence-electron chi connectivity index (χ1n) is 6.69. The summed E-state index contributed by atoms with van der Waals surface area (Å²) >= 11 is 7.71. The van der Waals surface area contributed by atoms with E-state index in [2.05, 4.69) is 10.6 Å². The summed E-state index contributed by atoms with van der Waals surface area (Å²) in [6.07, 6.45) is 2.96. The van der Waals surface area contributed by atoms with Gasteiger partial charge in [0.1, 0.15) is 0 Å². The first kappa shape index (κ1) is 14.3. The van der Waals surface area contributed by atoms with Crippen LogP contribution in [0.1, 0.15) is 15.9 Å². The molecule has 0 spiro atoms. The molecule has 0 aromatic heterocycles. The zero-order valence-corrected chi connectivity index (χ0v) is 13.1. The van der Waals surface area contributed by atoms with E-state index >= 15 is 0 Å². The highest BCUT2D eigenvalue weighted by Crippen LogP contribution is 2.27. The molecule has 5 heteroatoms. The molecule has 0 fully saturated rings. The summed E-state index contributed by atoms with van der Waals surface area (Å²) in [5.41, 5.74) is 3.68. The number of carbonyl (C=O) groups excluding carboxylic acids is 1. The van der Waals surface area contributed by atoms with Crippen LogP contribution in [0.25, 0.3) is 0 Å². The quantitative estimate of drug-likeness (QED) is 0.830.